The Kier molecular flexibility index (Phi) is 4.48. The van der Waals surface area contributed by atoms with Gasteiger partial charge in [0, 0.05) is 44.6 Å². The SMILES string of the molecule is O=C(CCn1cccn1)NCCn1cnc(C(=O)O)c1. The summed E-state index contributed by atoms with van der Waals surface area (Å²) >= 11 is 0. The molecule has 0 atom stereocenters. The van der Waals surface area contributed by atoms with E-state index >= 15 is 0 Å². The fourth-order valence-electron chi connectivity index (χ4n) is 1.65. The molecule has 1 amide bonds. The lowest BCUT2D eigenvalue weighted by Crippen LogP contribution is -2.27. The number of carboxylic acids is 1. The molecular weight excluding hydrogens is 262 g/mol. The predicted octanol–water partition coefficient (Wildman–Crippen LogP) is -0.0157. The highest BCUT2D eigenvalue weighted by atomic mass is 16.4. The van der Waals surface area contributed by atoms with Gasteiger partial charge >= 0.3 is 5.97 Å². The molecule has 0 aliphatic rings. The van der Waals surface area contributed by atoms with E-state index in [1.165, 1.54) is 12.5 Å². The normalized spacial score (nSPS) is 10.4. The number of aromatic nitrogens is 4. The maximum atomic E-state index is 11.6. The summed E-state index contributed by atoms with van der Waals surface area (Å²) in [5.74, 6) is -1.13. The molecule has 2 N–H and O–H groups in total. The maximum Gasteiger partial charge on any atom is 0.356 e. The minimum absolute atomic E-state index is 0.00462. The van der Waals surface area contributed by atoms with E-state index in [2.05, 4.69) is 15.4 Å². The van der Waals surface area contributed by atoms with E-state index in [9.17, 15) is 9.59 Å². The van der Waals surface area contributed by atoms with Gasteiger partial charge in [-0.1, -0.05) is 0 Å². The molecule has 2 heterocycles. The predicted molar refractivity (Wildman–Crippen MR) is 69.0 cm³/mol. The van der Waals surface area contributed by atoms with E-state index < -0.39 is 5.97 Å². The molecule has 0 aromatic carbocycles. The van der Waals surface area contributed by atoms with Gasteiger partial charge in [-0.2, -0.15) is 5.10 Å². The molecule has 2 rings (SSSR count). The van der Waals surface area contributed by atoms with Gasteiger partial charge in [0.1, 0.15) is 0 Å². The number of carbonyl (C=O) groups is 2. The number of aromatic carboxylic acids is 1. The lowest BCUT2D eigenvalue weighted by molar-refractivity contribution is -0.121. The Hall–Kier alpha value is -2.64. The maximum absolute atomic E-state index is 11.6. The monoisotopic (exact) mass is 277 g/mol. The second kappa shape index (κ2) is 6.50. The van der Waals surface area contributed by atoms with Gasteiger partial charge in [0.15, 0.2) is 5.69 Å². The fraction of sp³-hybridized carbons (Fsp3) is 0.333. The van der Waals surface area contributed by atoms with E-state index in [4.69, 9.17) is 5.11 Å². The van der Waals surface area contributed by atoms with E-state index in [1.54, 1.807) is 27.7 Å². The van der Waals surface area contributed by atoms with Crippen molar-refractivity contribution in [3.8, 4) is 0 Å². The van der Waals surface area contributed by atoms with Crippen molar-refractivity contribution in [2.24, 2.45) is 0 Å². The number of nitrogens with zero attached hydrogens (tertiary/aromatic N) is 4. The third kappa shape index (κ3) is 3.94. The first-order chi connectivity index (χ1) is 9.65. The van der Waals surface area contributed by atoms with Crippen LogP contribution in [0, 0.1) is 0 Å². The average Bonchev–Trinajstić information content (AvgIpc) is 3.07. The molecule has 8 heteroatoms. The Morgan fingerprint density at radius 3 is 2.85 bits per heavy atom. The number of amides is 1. The Labute approximate surface area is 115 Å². The molecule has 0 unspecified atom stereocenters. The number of hydrogen-bond donors (Lipinski definition) is 2. The molecule has 0 saturated carbocycles. The molecule has 2 aromatic heterocycles. The van der Waals surface area contributed by atoms with Gasteiger partial charge in [0.05, 0.1) is 6.33 Å². The van der Waals surface area contributed by atoms with E-state index in [0.29, 0.717) is 26.1 Å². The second-order valence-electron chi connectivity index (χ2n) is 4.17. The molecule has 106 valence electrons. The zero-order valence-corrected chi connectivity index (χ0v) is 10.8. The fourth-order valence-corrected chi connectivity index (χ4v) is 1.65. The van der Waals surface area contributed by atoms with Gasteiger partial charge in [-0.3, -0.25) is 9.48 Å². The van der Waals surface area contributed by atoms with Crippen molar-refractivity contribution in [2.45, 2.75) is 19.5 Å². The van der Waals surface area contributed by atoms with Crippen LogP contribution in [-0.4, -0.2) is 42.9 Å². The molecule has 0 fully saturated rings. The molecule has 0 radical (unpaired) electrons. The summed E-state index contributed by atoms with van der Waals surface area (Å²) in [6.07, 6.45) is 6.67. The van der Waals surface area contributed by atoms with Gasteiger partial charge < -0.3 is 15.0 Å². The summed E-state index contributed by atoms with van der Waals surface area (Å²) in [6, 6.07) is 1.80. The Bertz CT molecular complexity index is 576. The van der Waals surface area contributed by atoms with Crippen LogP contribution in [0.1, 0.15) is 16.9 Å². The minimum atomic E-state index is -1.06. The van der Waals surface area contributed by atoms with Crippen molar-refractivity contribution in [1.82, 2.24) is 24.6 Å². The van der Waals surface area contributed by atoms with Crippen LogP contribution in [0.3, 0.4) is 0 Å². The molecule has 0 bridgehead atoms. The van der Waals surface area contributed by atoms with Gasteiger partial charge in [0.2, 0.25) is 5.91 Å². The summed E-state index contributed by atoms with van der Waals surface area (Å²) in [4.78, 5) is 25.9. The van der Waals surface area contributed by atoms with Crippen LogP contribution in [0.15, 0.2) is 31.0 Å². The topological polar surface area (TPSA) is 102 Å². The summed E-state index contributed by atoms with van der Waals surface area (Å²) in [6.45, 7) is 1.44. The first kappa shape index (κ1) is 13.8. The standard InChI is InChI=1S/C12H15N5O3/c18-11(2-6-17-5-1-3-15-17)13-4-7-16-8-10(12(19)20)14-9-16/h1,3,5,8-9H,2,4,6-7H2,(H,13,18)(H,19,20). The van der Waals surface area contributed by atoms with Gasteiger partial charge in [-0.15, -0.1) is 0 Å². The number of hydrogen-bond acceptors (Lipinski definition) is 4. The molecule has 20 heavy (non-hydrogen) atoms. The van der Waals surface area contributed by atoms with Crippen molar-refractivity contribution in [1.29, 1.82) is 0 Å². The van der Waals surface area contributed by atoms with Crippen LogP contribution in [-0.2, 0) is 17.9 Å². The highest BCUT2D eigenvalue weighted by Gasteiger charge is 2.06. The summed E-state index contributed by atoms with van der Waals surface area (Å²) in [5.41, 5.74) is -0.00462. The average molecular weight is 277 g/mol. The molecule has 0 spiro atoms. The number of carboxylic acid groups (broad SMARTS) is 1. The first-order valence-corrected chi connectivity index (χ1v) is 6.14. The second-order valence-corrected chi connectivity index (χ2v) is 4.17. The molecular formula is C12H15N5O3. The highest BCUT2D eigenvalue weighted by Crippen LogP contribution is 1.95. The molecule has 0 aliphatic carbocycles. The van der Waals surface area contributed by atoms with E-state index in [1.807, 2.05) is 0 Å². The van der Waals surface area contributed by atoms with Crippen molar-refractivity contribution in [3.63, 3.8) is 0 Å². The summed E-state index contributed by atoms with van der Waals surface area (Å²) < 4.78 is 3.31. The van der Waals surface area contributed by atoms with Crippen LogP contribution in [0.2, 0.25) is 0 Å². The van der Waals surface area contributed by atoms with Crippen molar-refractivity contribution >= 4 is 11.9 Å². The summed E-state index contributed by atoms with van der Waals surface area (Å²) in [5, 5.41) is 15.5. The first-order valence-electron chi connectivity index (χ1n) is 6.14. The molecule has 2 aromatic rings. The quantitative estimate of drug-likeness (QED) is 0.740. The Morgan fingerprint density at radius 1 is 1.35 bits per heavy atom. The van der Waals surface area contributed by atoms with Crippen LogP contribution >= 0.6 is 0 Å². The molecule has 0 aliphatic heterocycles. The van der Waals surface area contributed by atoms with Crippen LogP contribution in [0.25, 0.3) is 0 Å². The molecule has 0 saturated heterocycles. The smallest absolute Gasteiger partial charge is 0.356 e. The van der Waals surface area contributed by atoms with Crippen LogP contribution < -0.4 is 5.32 Å². The zero-order chi connectivity index (χ0) is 14.4. The summed E-state index contributed by atoms with van der Waals surface area (Å²) in [7, 11) is 0. The number of carbonyl (C=O) groups excluding carboxylic acids is 1. The van der Waals surface area contributed by atoms with E-state index in [-0.39, 0.29) is 11.6 Å². The third-order valence-corrected chi connectivity index (χ3v) is 2.67. The van der Waals surface area contributed by atoms with E-state index in [0.717, 1.165) is 0 Å². The lowest BCUT2D eigenvalue weighted by Gasteiger charge is -2.05. The van der Waals surface area contributed by atoms with Crippen molar-refractivity contribution < 1.29 is 14.7 Å². The van der Waals surface area contributed by atoms with Gasteiger partial charge in [0.25, 0.3) is 0 Å². The van der Waals surface area contributed by atoms with Crippen LogP contribution in [0.4, 0.5) is 0 Å². The highest BCUT2D eigenvalue weighted by molar-refractivity contribution is 5.84. The van der Waals surface area contributed by atoms with Crippen LogP contribution in [0.5, 0.6) is 0 Å². The van der Waals surface area contributed by atoms with Crippen molar-refractivity contribution in [3.05, 3.63) is 36.7 Å². The number of imidazole rings is 1. The third-order valence-electron chi connectivity index (χ3n) is 2.67. The van der Waals surface area contributed by atoms with Gasteiger partial charge in [-0.05, 0) is 6.07 Å². The largest absolute Gasteiger partial charge is 0.476 e. The number of rotatable bonds is 7. The zero-order valence-electron chi connectivity index (χ0n) is 10.8. The lowest BCUT2D eigenvalue weighted by atomic mass is 10.4. The number of aryl methyl sites for hydroxylation is 1. The van der Waals surface area contributed by atoms with Gasteiger partial charge in [-0.25, -0.2) is 9.78 Å². The minimum Gasteiger partial charge on any atom is -0.476 e. The Morgan fingerprint density at radius 2 is 2.20 bits per heavy atom. The molecule has 8 nitrogen and oxygen atoms in total. The Balaban J connectivity index is 1.67. The van der Waals surface area contributed by atoms with Crippen molar-refractivity contribution in [2.75, 3.05) is 6.54 Å². The number of nitrogens with one attached hydrogen (secondary N) is 1.